The number of azo groups is 2. The average Bonchev–Trinajstić information content (AvgIpc) is 3.02. The molecule has 3 N–H and O–H groups in total. The average molecular weight is 854 g/mol. The van der Waals surface area contributed by atoms with Crippen molar-refractivity contribution in [3.05, 3.63) is 78.6 Å². The second-order valence-corrected chi connectivity index (χ2v) is 17.5. The molecule has 27 heteroatoms. The quantitative estimate of drug-likeness (QED) is 0.0614. The van der Waals surface area contributed by atoms with Crippen molar-refractivity contribution in [2.24, 2.45) is 20.5 Å². The number of nitrogen functional groups attached to an aromatic ring is 1. The Morgan fingerprint density at radius 2 is 1.09 bits per heavy atom. The van der Waals surface area contributed by atoms with Crippen LogP contribution in [0.4, 0.5) is 28.4 Å². The Morgan fingerprint density at radius 3 is 1.58 bits per heavy atom. The molecule has 0 spiro atoms. The van der Waals surface area contributed by atoms with E-state index in [1.165, 1.54) is 0 Å². The van der Waals surface area contributed by atoms with Crippen molar-refractivity contribution in [1.82, 2.24) is 0 Å². The van der Waals surface area contributed by atoms with Crippen molar-refractivity contribution in [2.75, 3.05) is 5.73 Å². The summed E-state index contributed by atoms with van der Waals surface area (Å²) in [6, 6.07) is 7.31. The van der Waals surface area contributed by atoms with Crippen LogP contribution in [0.5, 0.6) is 5.75 Å². The maximum absolute atomic E-state index is 13.6. The van der Waals surface area contributed by atoms with E-state index in [0.29, 0.717) is 35.1 Å². The summed E-state index contributed by atoms with van der Waals surface area (Å²) in [5.41, 5.74) is 2.01. The zero-order valence-corrected chi connectivity index (χ0v) is 37.5. The van der Waals surface area contributed by atoms with E-state index in [9.17, 15) is 60.9 Å². The molecule has 0 fully saturated rings. The van der Waals surface area contributed by atoms with Crippen LogP contribution in [0, 0.1) is 0 Å². The topological polar surface area (TPSA) is 336 Å². The number of fused-ring (bicyclic) bond motifs is 1. The van der Waals surface area contributed by atoms with Crippen LogP contribution in [0.2, 0.25) is 0 Å². The first-order valence-corrected chi connectivity index (χ1v) is 20.1. The molecule has 4 aromatic rings. The van der Waals surface area contributed by atoms with E-state index >= 15 is 0 Å². The second kappa shape index (κ2) is 17.9. The molecule has 0 saturated heterocycles. The molecule has 0 bridgehead atoms. The third-order valence-electron chi connectivity index (χ3n) is 6.50. The molecule has 19 nitrogen and oxygen atoms in total. The van der Waals surface area contributed by atoms with Gasteiger partial charge in [0.05, 0.1) is 36.6 Å². The number of nitrogens with two attached hydrogens (primary N) is 1. The van der Waals surface area contributed by atoms with Crippen LogP contribution in [0.1, 0.15) is 0 Å². The third-order valence-corrected chi connectivity index (χ3v) is 11.8. The molecule has 0 aliphatic rings. The van der Waals surface area contributed by atoms with Gasteiger partial charge in [0.1, 0.15) is 36.5 Å². The summed E-state index contributed by atoms with van der Waals surface area (Å²) in [4.78, 5) is -4.70. The maximum atomic E-state index is 13.6. The summed E-state index contributed by atoms with van der Waals surface area (Å²) < 4.78 is 155. The van der Waals surface area contributed by atoms with Gasteiger partial charge in [-0.3, -0.25) is 4.55 Å². The zero-order chi connectivity index (χ0) is 37.6. The summed E-state index contributed by atoms with van der Waals surface area (Å²) in [6.45, 7) is 6.26. The van der Waals surface area contributed by atoms with Crippen LogP contribution in [-0.2, 0) is 50.0 Å². The van der Waals surface area contributed by atoms with Crippen LogP contribution in [0.25, 0.3) is 10.8 Å². The second-order valence-electron chi connectivity index (χ2n) is 9.62. The van der Waals surface area contributed by atoms with Crippen molar-refractivity contribution >= 4 is 89.2 Å². The van der Waals surface area contributed by atoms with Gasteiger partial charge in [-0.05, 0) is 60.0 Å². The van der Waals surface area contributed by atoms with Gasteiger partial charge in [0.25, 0.3) is 10.1 Å². The Labute approximate surface area is 369 Å². The van der Waals surface area contributed by atoms with Crippen molar-refractivity contribution in [2.45, 2.75) is 24.5 Å². The monoisotopic (exact) mass is 853 g/mol. The molecular weight excluding hydrogens is 836 g/mol. The van der Waals surface area contributed by atoms with Crippen molar-refractivity contribution in [1.29, 1.82) is 0 Å². The number of hydrogen-bond donors (Lipinski definition) is 2. The summed E-state index contributed by atoms with van der Waals surface area (Å²) in [5.74, 6) is -1.50. The van der Waals surface area contributed by atoms with Crippen molar-refractivity contribution < 1.29 is 150 Å². The first-order chi connectivity index (χ1) is 22.9. The minimum absolute atomic E-state index is 0. The number of nitrogens with zero attached hydrogens (tertiary/aromatic N) is 4. The van der Waals surface area contributed by atoms with E-state index in [1.54, 1.807) is 0 Å². The Hall–Kier alpha value is -1.95. The normalized spacial score (nSPS) is 12.5. The first-order valence-electron chi connectivity index (χ1n) is 12.7. The number of anilines is 1. The SMILES string of the molecule is C=CS(=O)(=O)c1ccc(N=Nc2c(S(=O)(=O)[O-])cc3cc(S(=O)(=O)O)c(N=Nc4ccc(S(=O)(=O)C=C)cc4S(=O)(=O)[O-])c([O-])c3c2N)cc1.[Na+].[Na+].[Na+]. The molecule has 0 heterocycles. The number of benzene rings is 4. The van der Waals surface area contributed by atoms with Crippen molar-refractivity contribution in [3.63, 3.8) is 0 Å². The van der Waals surface area contributed by atoms with E-state index in [-0.39, 0.29) is 99.3 Å². The van der Waals surface area contributed by atoms with Crippen LogP contribution >= 0.6 is 0 Å². The fraction of sp³-hybridized carbons (Fsp3) is 0. The molecule has 0 aromatic heterocycles. The smallest absolute Gasteiger partial charge is 0.870 e. The summed E-state index contributed by atoms with van der Waals surface area (Å²) in [7, 11) is -24.5. The molecule has 0 aliphatic carbocycles. The van der Waals surface area contributed by atoms with Crippen LogP contribution in [-0.4, -0.2) is 55.7 Å². The Morgan fingerprint density at radius 1 is 0.623 bits per heavy atom. The summed E-state index contributed by atoms with van der Waals surface area (Å²) in [6.07, 6.45) is 0. The molecule has 0 amide bonds. The van der Waals surface area contributed by atoms with E-state index in [0.717, 1.165) is 30.3 Å². The van der Waals surface area contributed by atoms with E-state index in [2.05, 4.69) is 33.6 Å². The Balaban J connectivity index is 0.00000468. The molecule has 53 heavy (non-hydrogen) atoms. The standard InChI is InChI=1S/C26H21N5O14S5.3Na/c1-3-46(33,34)16-7-5-15(6-8-16)28-30-24-20(49(40,41)42)11-14-12-21(50(43,44)45)25(26(32)22(14)23(24)27)31-29-18-10-9-17(47(35,36)4-2)13-19(18)48(37,38)39;;;/h3-13,32H,1-2,27H2,(H,37,38,39)(H,40,41,42)(H,43,44,45);;;/q;3*+1/p-3. The molecule has 0 radical (unpaired) electrons. The Bertz CT molecular complexity index is 2760. The van der Waals surface area contributed by atoms with Crippen LogP contribution in [0.15, 0.2) is 124 Å². The van der Waals surface area contributed by atoms with Gasteiger partial charge >= 0.3 is 88.7 Å². The molecule has 0 unspecified atom stereocenters. The number of sulfone groups is 2. The van der Waals surface area contributed by atoms with Crippen molar-refractivity contribution in [3.8, 4) is 5.75 Å². The van der Waals surface area contributed by atoms with Gasteiger partial charge in [-0.1, -0.05) is 18.9 Å². The van der Waals surface area contributed by atoms with Gasteiger partial charge in [0, 0.05) is 16.2 Å². The molecule has 0 aliphatic heterocycles. The molecular formula is C26H18N5Na3O14S5. The number of hydrogen-bond acceptors (Lipinski definition) is 18. The van der Waals surface area contributed by atoms with Crippen LogP contribution in [0.3, 0.4) is 0 Å². The summed E-state index contributed by atoms with van der Waals surface area (Å²) >= 11 is 0. The predicted molar refractivity (Wildman–Crippen MR) is 170 cm³/mol. The molecule has 4 aromatic carbocycles. The number of rotatable bonds is 11. The minimum Gasteiger partial charge on any atom is -0.870 e. The van der Waals surface area contributed by atoms with Gasteiger partial charge in [-0.25, -0.2) is 33.7 Å². The summed E-state index contributed by atoms with van der Waals surface area (Å²) in [5, 5.41) is 27.6. The van der Waals surface area contributed by atoms with Gasteiger partial charge in [0.2, 0.25) is 0 Å². The van der Waals surface area contributed by atoms with Gasteiger partial charge in [0.15, 0.2) is 19.7 Å². The molecule has 0 atom stereocenters. The van der Waals surface area contributed by atoms with Gasteiger partial charge in [-0.2, -0.15) is 13.5 Å². The third kappa shape index (κ3) is 10.9. The van der Waals surface area contributed by atoms with E-state index in [1.807, 2.05) is 0 Å². The van der Waals surface area contributed by atoms with E-state index in [4.69, 9.17) is 5.73 Å². The first kappa shape index (κ1) is 49.1. The fourth-order valence-electron chi connectivity index (χ4n) is 4.14. The van der Waals surface area contributed by atoms with Gasteiger partial charge in [-0.15, -0.1) is 15.3 Å². The van der Waals surface area contributed by atoms with E-state index < -0.39 is 109 Å². The minimum atomic E-state index is -5.50. The maximum Gasteiger partial charge on any atom is 1.00 e. The Kier molecular flexibility index (Phi) is 16.6. The van der Waals surface area contributed by atoms with Crippen LogP contribution < -0.4 is 99.5 Å². The molecule has 4 rings (SSSR count). The predicted octanol–water partition coefficient (Wildman–Crippen LogP) is -5.77. The molecule has 0 saturated carbocycles. The largest absolute Gasteiger partial charge is 1.00 e. The van der Waals surface area contributed by atoms with Gasteiger partial charge < -0.3 is 19.9 Å². The zero-order valence-electron chi connectivity index (χ0n) is 27.4. The molecule has 264 valence electrons. The fourth-order valence-corrected chi connectivity index (χ4v) is 7.61.